The van der Waals surface area contributed by atoms with E-state index in [-0.39, 0.29) is 0 Å². The third-order valence-electron chi connectivity index (χ3n) is 2.01. The summed E-state index contributed by atoms with van der Waals surface area (Å²) in [6, 6.07) is 8.11. The molecule has 0 bridgehead atoms. The molecule has 1 heteroatoms. The predicted octanol–water partition coefficient (Wildman–Crippen LogP) is 2.90. The van der Waals surface area contributed by atoms with Crippen molar-refractivity contribution >= 4 is 5.57 Å². The number of allylic oxidation sites excluding steroid dienone is 4. The van der Waals surface area contributed by atoms with E-state index in [1.165, 1.54) is 0 Å². The zero-order valence-electron chi connectivity index (χ0n) is 8.24. The van der Waals surface area contributed by atoms with E-state index in [2.05, 4.69) is 19.2 Å². The third-order valence-corrected chi connectivity index (χ3v) is 2.01. The second-order valence-corrected chi connectivity index (χ2v) is 2.97. The lowest BCUT2D eigenvalue weighted by Crippen LogP contribution is -1.96. The molecule has 0 amide bonds. The van der Waals surface area contributed by atoms with Crippen molar-refractivity contribution in [3.05, 3.63) is 66.8 Å². The highest BCUT2D eigenvalue weighted by Crippen LogP contribution is 2.16. The summed E-state index contributed by atoms with van der Waals surface area (Å²) >= 11 is 0. The van der Waals surface area contributed by atoms with Crippen LogP contribution in [0.25, 0.3) is 5.57 Å². The van der Waals surface area contributed by atoms with Crippen LogP contribution in [0.15, 0.2) is 55.7 Å². The highest BCUT2D eigenvalue weighted by Gasteiger charge is 1.96. The maximum atomic E-state index is 5.57. The van der Waals surface area contributed by atoms with Gasteiger partial charge in [-0.25, -0.2) is 0 Å². The van der Waals surface area contributed by atoms with Gasteiger partial charge in [-0.1, -0.05) is 49.6 Å². The lowest BCUT2D eigenvalue weighted by Gasteiger charge is -2.03. The molecular weight excluding hydrogens is 170 g/mol. The molecule has 1 nitrogen and oxygen atoms in total. The zero-order chi connectivity index (χ0) is 10.4. The molecule has 0 unspecified atom stereocenters. The van der Waals surface area contributed by atoms with E-state index in [4.69, 9.17) is 5.73 Å². The first-order chi connectivity index (χ1) is 6.81. The Bertz CT molecular complexity index is 361. The predicted molar refractivity (Wildman–Crippen MR) is 62.7 cm³/mol. The molecule has 1 aromatic rings. The Balaban J connectivity index is 3.10. The van der Waals surface area contributed by atoms with Gasteiger partial charge in [0.05, 0.1) is 0 Å². The van der Waals surface area contributed by atoms with E-state index >= 15 is 0 Å². The van der Waals surface area contributed by atoms with Crippen LogP contribution in [0.3, 0.4) is 0 Å². The molecule has 0 aliphatic heterocycles. The van der Waals surface area contributed by atoms with E-state index in [0.717, 1.165) is 16.7 Å². The van der Waals surface area contributed by atoms with Crippen LogP contribution in [0.1, 0.15) is 11.1 Å². The summed E-state index contributed by atoms with van der Waals surface area (Å²) in [7, 11) is 0. The smallest absolute Gasteiger partial charge is 0.0178 e. The average molecular weight is 185 g/mol. The normalized spacial score (nSPS) is 11.1. The fraction of sp³-hybridized carbons (Fsp3) is 0.0769. The molecule has 14 heavy (non-hydrogen) atoms. The first-order valence-electron chi connectivity index (χ1n) is 4.56. The molecule has 72 valence electrons. The SMILES string of the molecule is C=C/C=C(\C=C)c1cccc(CN)c1. The molecule has 0 saturated heterocycles. The van der Waals surface area contributed by atoms with E-state index < -0.39 is 0 Å². The minimum atomic E-state index is 0.562. The lowest BCUT2D eigenvalue weighted by atomic mass is 10.0. The molecule has 2 N–H and O–H groups in total. The van der Waals surface area contributed by atoms with Gasteiger partial charge in [-0.05, 0) is 22.8 Å². The van der Waals surface area contributed by atoms with E-state index in [9.17, 15) is 0 Å². The fourth-order valence-electron chi connectivity index (χ4n) is 1.29. The van der Waals surface area contributed by atoms with Crippen LogP contribution in [-0.4, -0.2) is 0 Å². The van der Waals surface area contributed by atoms with Crippen molar-refractivity contribution < 1.29 is 0 Å². The lowest BCUT2D eigenvalue weighted by molar-refractivity contribution is 1.07. The molecule has 0 spiro atoms. The quantitative estimate of drug-likeness (QED) is 0.717. The molecule has 0 aliphatic carbocycles. The van der Waals surface area contributed by atoms with Crippen molar-refractivity contribution in [3.63, 3.8) is 0 Å². The Labute approximate surface area is 85.3 Å². The van der Waals surface area contributed by atoms with Crippen LogP contribution in [0, 0.1) is 0 Å². The molecular formula is C13H15N. The summed E-state index contributed by atoms with van der Waals surface area (Å²) < 4.78 is 0. The maximum Gasteiger partial charge on any atom is 0.0178 e. The largest absolute Gasteiger partial charge is 0.326 e. The van der Waals surface area contributed by atoms with E-state index in [0.29, 0.717) is 6.54 Å². The number of benzene rings is 1. The Morgan fingerprint density at radius 3 is 2.71 bits per heavy atom. The number of rotatable bonds is 4. The van der Waals surface area contributed by atoms with Gasteiger partial charge < -0.3 is 5.73 Å². The molecule has 0 fully saturated rings. The van der Waals surface area contributed by atoms with Crippen molar-refractivity contribution in [2.75, 3.05) is 0 Å². The second kappa shape index (κ2) is 5.20. The maximum absolute atomic E-state index is 5.57. The summed E-state index contributed by atoms with van der Waals surface area (Å²) in [5.74, 6) is 0. The third kappa shape index (κ3) is 2.44. The van der Waals surface area contributed by atoms with Gasteiger partial charge in [0.2, 0.25) is 0 Å². The van der Waals surface area contributed by atoms with Crippen LogP contribution in [0.5, 0.6) is 0 Å². The highest BCUT2D eigenvalue weighted by molar-refractivity contribution is 5.74. The standard InChI is InChI=1S/C13H15N/c1-3-6-12(4-2)13-8-5-7-11(9-13)10-14/h3-9H,1-2,10,14H2/b12-6+. The summed E-state index contributed by atoms with van der Waals surface area (Å²) in [5, 5.41) is 0. The topological polar surface area (TPSA) is 26.0 Å². The van der Waals surface area contributed by atoms with Crippen molar-refractivity contribution in [1.29, 1.82) is 0 Å². The van der Waals surface area contributed by atoms with Gasteiger partial charge in [0.1, 0.15) is 0 Å². The van der Waals surface area contributed by atoms with Crippen molar-refractivity contribution in [3.8, 4) is 0 Å². The summed E-state index contributed by atoms with van der Waals surface area (Å²) in [6.45, 7) is 7.99. The van der Waals surface area contributed by atoms with Crippen LogP contribution >= 0.6 is 0 Å². The fourth-order valence-corrected chi connectivity index (χ4v) is 1.29. The van der Waals surface area contributed by atoms with E-state index in [1.54, 1.807) is 6.08 Å². The number of hydrogen-bond acceptors (Lipinski definition) is 1. The summed E-state index contributed by atoms with van der Waals surface area (Å²) in [5.41, 5.74) is 8.89. The average Bonchev–Trinajstić information content (AvgIpc) is 2.26. The zero-order valence-corrected chi connectivity index (χ0v) is 8.24. The first kappa shape index (κ1) is 10.5. The monoisotopic (exact) mass is 185 g/mol. The van der Waals surface area contributed by atoms with Gasteiger partial charge in [0.25, 0.3) is 0 Å². The van der Waals surface area contributed by atoms with Gasteiger partial charge in [-0.15, -0.1) is 0 Å². The van der Waals surface area contributed by atoms with Gasteiger partial charge >= 0.3 is 0 Å². The van der Waals surface area contributed by atoms with Crippen LogP contribution in [-0.2, 0) is 6.54 Å². The van der Waals surface area contributed by atoms with Crippen LogP contribution < -0.4 is 5.73 Å². The highest BCUT2D eigenvalue weighted by atomic mass is 14.5. The molecule has 1 rings (SSSR count). The van der Waals surface area contributed by atoms with Crippen molar-refractivity contribution in [2.24, 2.45) is 5.73 Å². The minimum absolute atomic E-state index is 0.562. The molecule has 0 atom stereocenters. The molecule has 0 saturated carbocycles. The second-order valence-electron chi connectivity index (χ2n) is 2.97. The molecule has 0 radical (unpaired) electrons. The molecule has 0 aliphatic rings. The van der Waals surface area contributed by atoms with Crippen LogP contribution in [0.4, 0.5) is 0 Å². The van der Waals surface area contributed by atoms with Gasteiger partial charge in [0, 0.05) is 6.54 Å². The van der Waals surface area contributed by atoms with Gasteiger partial charge in [-0.3, -0.25) is 0 Å². The first-order valence-corrected chi connectivity index (χ1v) is 4.56. The van der Waals surface area contributed by atoms with Gasteiger partial charge in [-0.2, -0.15) is 0 Å². The molecule has 0 aromatic heterocycles. The van der Waals surface area contributed by atoms with Gasteiger partial charge in [0.15, 0.2) is 0 Å². The summed E-state index contributed by atoms with van der Waals surface area (Å²) in [6.07, 6.45) is 5.51. The van der Waals surface area contributed by atoms with E-state index in [1.807, 2.05) is 30.4 Å². The minimum Gasteiger partial charge on any atom is -0.326 e. The molecule has 0 heterocycles. The number of nitrogens with two attached hydrogens (primary N) is 1. The Kier molecular flexibility index (Phi) is 3.89. The number of hydrogen-bond donors (Lipinski definition) is 1. The molecule has 1 aromatic carbocycles. The van der Waals surface area contributed by atoms with Crippen molar-refractivity contribution in [1.82, 2.24) is 0 Å². The summed E-state index contributed by atoms with van der Waals surface area (Å²) in [4.78, 5) is 0. The van der Waals surface area contributed by atoms with Crippen molar-refractivity contribution in [2.45, 2.75) is 6.54 Å². The Morgan fingerprint density at radius 2 is 2.14 bits per heavy atom. The van der Waals surface area contributed by atoms with Crippen LogP contribution in [0.2, 0.25) is 0 Å². The Hall–Kier alpha value is -1.60. The Morgan fingerprint density at radius 1 is 1.36 bits per heavy atom.